The third-order valence-corrected chi connectivity index (χ3v) is 5.81. The second-order valence-corrected chi connectivity index (χ2v) is 8.11. The number of hydrogen-bond donors (Lipinski definition) is 1. The number of nitrogens with zero attached hydrogens (tertiary/aromatic N) is 2. The van der Waals surface area contributed by atoms with Crippen molar-refractivity contribution in [1.82, 2.24) is 9.55 Å². The van der Waals surface area contributed by atoms with Crippen molar-refractivity contribution in [2.45, 2.75) is 12.7 Å². The van der Waals surface area contributed by atoms with Crippen LogP contribution >= 0.6 is 15.9 Å². The molecule has 34 heavy (non-hydrogen) atoms. The first-order valence-electron chi connectivity index (χ1n) is 9.87. The Balaban J connectivity index is 2.03. The van der Waals surface area contributed by atoms with Gasteiger partial charge in [0.25, 0.3) is 5.56 Å². The van der Waals surface area contributed by atoms with Gasteiger partial charge in [-0.15, -0.1) is 0 Å². The lowest BCUT2D eigenvalue weighted by Crippen LogP contribution is -2.24. The Bertz CT molecular complexity index is 1450. The Morgan fingerprint density at radius 1 is 1.12 bits per heavy atom. The summed E-state index contributed by atoms with van der Waals surface area (Å²) in [5.74, 6) is -1.41. The van der Waals surface area contributed by atoms with Crippen LogP contribution in [0.25, 0.3) is 22.0 Å². The van der Waals surface area contributed by atoms with Gasteiger partial charge in [0.1, 0.15) is 4.60 Å². The van der Waals surface area contributed by atoms with Gasteiger partial charge in [0.15, 0.2) is 11.4 Å². The number of alkyl halides is 3. The first-order chi connectivity index (χ1) is 16.1. The van der Waals surface area contributed by atoms with E-state index in [1.807, 2.05) is 6.07 Å². The second-order valence-electron chi connectivity index (χ2n) is 7.36. The van der Waals surface area contributed by atoms with Gasteiger partial charge in [0, 0.05) is 10.9 Å². The van der Waals surface area contributed by atoms with Gasteiger partial charge in [-0.25, -0.2) is 9.78 Å². The quantitative estimate of drug-likeness (QED) is 0.281. The molecule has 0 aliphatic heterocycles. The molecule has 0 atom stereocenters. The van der Waals surface area contributed by atoms with Gasteiger partial charge >= 0.3 is 12.1 Å². The Morgan fingerprint density at radius 3 is 2.35 bits per heavy atom. The van der Waals surface area contributed by atoms with Crippen LogP contribution in [-0.4, -0.2) is 27.7 Å². The molecular formula is C24H16BrF3N2O4. The minimum atomic E-state index is -4.53. The van der Waals surface area contributed by atoms with Crippen molar-refractivity contribution in [1.29, 1.82) is 0 Å². The molecule has 6 nitrogen and oxygen atoms in total. The number of carbonyl (C=O) groups is 1. The van der Waals surface area contributed by atoms with Crippen LogP contribution in [0.15, 0.2) is 70.1 Å². The molecular weight excluding hydrogens is 517 g/mol. The zero-order valence-corrected chi connectivity index (χ0v) is 19.1. The van der Waals surface area contributed by atoms with Gasteiger partial charge in [-0.3, -0.25) is 4.79 Å². The van der Waals surface area contributed by atoms with Crippen LogP contribution in [0.4, 0.5) is 13.2 Å². The van der Waals surface area contributed by atoms with Gasteiger partial charge in [-0.05, 0) is 45.3 Å². The number of ether oxygens (including phenoxy) is 1. The van der Waals surface area contributed by atoms with Crippen LogP contribution in [0, 0.1) is 0 Å². The number of esters is 1. The number of pyridine rings is 2. The molecule has 2 aromatic carbocycles. The summed E-state index contributed by atoms with van der Waals surface area (Å²) in [6.45, 7) is 0.0853. The number of methoxy groups -OCH3 is 1. The predicted molar refractivity (Wildman–Crippen MR) is 123 cm³/mol. The molecule has 0 radical (unpaired) electrons. The summed E-state index contributed by atoms with van der Waals surface area (Å²) in [5, 5.41) is 10.9. The Morgan fingerprint density at radius 2 is 1.76 bits per heavy atom. The van der Waals surface area contributed by atoms with E-state index in [0.717, 1.165) is 24.8 Å². The van der Waals surface area contributed by atoms with Crippen molar-refractivity contribution >= 4 is 32.8 Å². The molecule has 0 saturated heterocycles. The van der Waals surface area contributed by atoms with E-state index < -0.39 is 29.0 Å². The Kier molecular flexibility index (Phi) is 6.18. The lowest BCUT2D eigenvalue weighted by Gasteiger charge is -2.16. The molecule has 0 spiro atoms. The number of carbonyl (C=O) groups excluding carboxylic acids is 1. The van der Waals surface area contributed by atoms with Gasteiger partial charge in [0.05, 0.1) is 24.7 Å². The Labute approximate surface area is 199 Å². The topological polar surface area (TPSA) is 81.4 Å². The first-order valence-corrected chi connectivity index (χ1v) is 10.7. The van der Waals surface area contributed by atoms with E-state index in [2.05, 4.69) is 25.7 Å². The maximum Gasteiger partial charge on any atom is 0.416 e. The fraction of sp³-hybridized carbons (Fsp3) is 0.125. The normalized spacial score (nSPS) is 11.6. The van der Waals surface area contributed by atoms with Crippen molar-refractivity contribution in [2.75, 3.05) is 7.11 Å². The smallest absolute Gasteiger partial charge is 0.416 e. The average Bonchev–Trinajstić information content (AvgIpc) is 2.82. The highest BCUT2D eigenvalue weighted by molar-refractivity contribution is 9.10. The van der Waals surface area contributed by atoms with E-state index in [1.54, 1.807) is 24.3 Å². The number of benzene rings is 2. The van der Waals surface area contributed by atoms with E-state index in [-0.39, 0.29) is 38.9 Å². The minimum Gasteiger partial charge on any atom is -0.505 e. The number of rotatable bonds is 4. The standard InChI is InChI=1S/C24H16BrF3N2O4/c1-34-23(33)18-20(31)17-11-16(14-7-9-15(10-8-14)24(26,27)28)22(32)30(19(17)21(25)29-18)12-13-5-3-2-4-6-13/h2-11,31H,12H2,1H3. The molecule has 2 aromatic heterocycles. The molecule has 0 saturated carbocycles. The highest BCUT2D eigenvalue weighted by atomic mass is 79.9. The van der Waals surface area contributed by atoms with Crippen LogP contribution in [0.1, 0.15) is 21.6 Å². The molecule has 0 amide bonds. The van der Waals surface area contributed by atoms with Crippen LogP contribution in [0.2, 0.25) is 0 Å². The van der Waals surface area contributed by atoms with Gasteiger partial charge in [0.2, 0.25) is 0 Å². The zero-order chi connectivity index (χ0) is 24.6. The maximum atomic E-state index is 13.5. The molecule has 0 aliphatic rings. The second kappa shape index (κ2) is 8.94. The van der Waals surface area contributed by atoms with Crippen LogP contribution < -0.4 is 5.56 Å². The molecule has 1 N–H and O–H groups in total. The van der Waals surface area contributed by atoms with Crippen LogP contribution in [0.5, 0.6) is 5.75 Å². The summed E-state index contributed by atoms with van der Waals surface area (Å²) in [4.78, 5) is 29.7. The van der Waals surface area contributed by atoms with Crippen molar-refractivity contribution in [3.8, 4) is 16.9 Å². The van der Waals surface area contributed by atoms with Crippen molar-refractivity contribution in [3.63, 3.8) is 0 Å². The minimum absolute atomic E-state index is 0.0429. The van der Waals surface area contributed by atoms with E-state index in [1.165, 1.54) is 22.8 Å². The highest BCUT2D eigenvalue weighted by Crippen LogP contribution is 2.35. The monoisotopic (exact) mass is 532 g/mol. The summed E-state index contributed by atoms with van der Waals surface area (Å²) in [5.41, 5.74) is -0.498. The van der Waals surface area contributed by atoms with Gasteiger partial charge in [-0.1, -0.05) is 42.5 Å². The van der Waals surface area contributed by atoms with E-state index in [9.17, 15) is 27.9 Å². The third kappa shape index (κ3) is 4.28. The highest BCUT2D eigenvalue weighted by Gasteiger charge is 2.30. The predicted octanol–water partition coefficient (Wildman–Crippen LogP) is 5.39. The SMILES string of the molecule is COC(=O)c1nc(Br)c2c(cc(-c3ccc(C(F)(F)F)cc3)c(=O)n2Cc2ccccc2)c1O. The average molecular weight is 533 g/mol. The number of aromatic hydroxyl groups is 1. The largest absolute Gasteiger partial charge is 0.505 e. The molecule has 0 bridgehead atoms. The summed E-state index contributed by atoms with van der Waals surface area (Å²) in [6, 6.07) is 14.5. The Hall–Kier alpha value is -3.66. The molecule has 174 valence electrons. The molecule has 4 rings (SSSR count). The van der Waals surface area contributed by atoms with Crippen LogP contribution in [0.3, 0.4) is 0 Å². The lowest BCUT2D eigenvalue weighted by atomic mass is 10.0. The maximum absolute atomic E-state index is 13.5. The molecule has 2 heterocycles. The zero-order valence-electron chi connectivity index (χ0n) is 17.6. The number of fused-ring (bicyclic) bond motifs is 1. The fourth-order valence-electron chi connectivity index (χ4n) is 3.60. The van der Waals surface area contributed by atoms with Gasteiger partial charge < -0.3 is 14.4 Å². The van der Waals surface area contributed by atoms with E-state index in [0.29, 0.717) is 0 Å². The molecule has 4 aromatic rings. The molecule has 0 aliphatic carbocycles. The third-order valence-electron chi connectivity index (χ3n) is 5.26. The van der Waals surface area contributed by atoms with Crippen molar-refractivity contribution in [2.24, 2.45) is 0 Å². The van der Waals surface area contributed by atoms with E-state index >= 15 is 0 Å². The number of hydrogen-bond acceptors (Lipinski definition) is 5. The fourth-order valence-corrected chi connectivity index (χ4v) is 4.21. The molecule has 0 fully saturated rings. The number of aromatic nitrogens is 2. The van der Waals surface area contributed by atoms with E-state index in [4.69, 9.17) is 0 Å². The summed E-state index contributed by atoms with van der Waals surface area (Å²) < 4.78 is 45.2. The lowest BCUT2D eigenvalue weighted by molar-refractivity contribution is -0.137. The molecule has 10 heteroatoms. The first kappa shape index (κ1) is 23.5. The number of halogens is 4. The molecule has 0 unspecified atom stereocenters. The summed E-state index contributed by atoms with van der Waals surface area (Å²) >= 11 is 3.28. The van der Waals surface area contributed by atoms with Crippen molar-refractivity contribution in [3.05, 3.63) is 92.4 Å². The van der Waals surface area contributed by atoms with Gasteiger partial charge in [-0.2, -0.15) is 13.2 Å². The van der Waals surface area contributed by atoms with Crippen molar-refractivity contribution < 1.29 is 27.8 Å². The summed E-state index contributed by atoms with van der Waals surface area (Å²) in [6.07, 6.45) is -4.53. The summed E-state index contributed by atoms with van der Waals surface area (Å²) in [7, 11) is 1.13. The van der Waals surface area contributed by atoms with Crippen LogP contribution in [-0.2, 0) is 17.5 Å².